The van der Waals surface area contributed by atoms with Crippen molar-refractivity contribution in [3.05, 3.63) is 59.2 Å². The molecule has 0 saturated heterocycles. The Morgan fingerprint density at radius 2 is 2.24 bits per heavy atom. The van der Waals surface area contributed by atoms with Gasteiger partial charge in [-0.1, -0.05) is 26.0 Å². The predicted octanol–water partition coefficient (Wildman–Crippen LogP) is 3.44. The molecule has 0 aliphatic heterocycles. The zero-order chi connectivity index (χ0) is 14.7. The molecular weight excluding hydrogens is 258 g/mol. The van der Waals surface area contributed by atoms with Crippen LogP contribution < -0.4 is 5.32 Å². The maximum absolute atomic E-state index is 4.64. The SMILES string of the molecule is CC(C)NCc1cncc(C2CCCc3cccnc32)c1. The summed E-state index contributed by atoms with van der Waals surface area (Å²) in [5.41, 5.74) is 5.21. The number of aromatic nitrogens is 2. The highest BCUT2D eigenvalue weighted by molar-refractivity contribution is 5.35. The van der Waals surface area contributed by atoms with Crippen LogP contribution in [0.5, 0.6) is 0 Å². The second-order valence-electron chi connectivity index (χ2n) is 6.15. The van der Waals surface area contributed by atoms with Crippen molar-refractivity contribution in [3.63, 3.8) is 0 Å². The lowest BCUT2D eigenvalue weighted by Crippen LogP contribution is -2.22. The summed E-state index contributed by atoms with van der Waals surface area (Å²) in [4.78, 5) is 9.08. The van der Waals surface area contributed by atoms with Crippen LogP contribution in [0.2, 0.25) is 0 Å². The standard InChI is InChI=1S/C18H23N3/c1-13(2)21-11-14-9-16(12-19-10-14)17-7-3-5-15-6-4-8-20-18(15)17/h4,6,8-10,12-13,17,21H,3,5,7,11H2,1-2H3. The molecule has 21 heavy (non-hydrogen) atoms. The number of aryl methyl sites for hydroxylation is 1. The Morgan fingerprint density at radius 3 is 3.10 bits per heavy atom. The summed E-state index contributed by atoms with van der Waals surface area (Å²) in [6.45, 7) is 5.21. The zero-order valence-corrected chi connectivity index (χ0v) is 12.8. The number of nitrogens with one attached hydrogen (secondary N) is 1. The van der Waals surface area contributed by atoms with Crippen LogP contribution in [0.1, 0.15) is 55.0 Å². The van der Waals surface area contributed by atoms with Crippen molar-refractivity contribution in [2.24, 2.45) is 0 Å². The molecule has 110 valence electrons. The van der Waals surface area contributed by atoms with Crippen LogP contribution in [-0.2, 0) is 13.0 Å². The van der Waals surface area contributed by atoms with E-state index in [9.17, 15) is 0 Å². The van der Waals surface area contributed by atoms with Gasteiger partial charge in [0, 0.05) is 37.1 Å². The number of hydrogen-bond donors (Lipinski definition) is 1. The van der Waals surface area contributed by atoms with Gasteiger partial charge in [-0.2, -0.15) is 0 Å². The Morgan fingerprint density at radius 1 is 1.33 bits per heavy atom. The Balaban J connectivity index is 1.86. The van der Waals surface area contributed by atoms with Crippen molar-refractivity contribution in [2.75, 3.05) is 0 Å². The lowest BCUT2D eigenvalue weighted by atomic mass is 9.82. The third-order valence-electron chi connectivity index (χ3n) is 4.13. The first-order chi connectivity index (χ1) is 10.2. The maximum Gasteiger partial charge on any atom is 0.0510 e. The molecule has 3 heteroatoms. The fourth-order valence-electron chi connectivity index (χ4n) is 3.05. The van der Waals surface area contributed by atoms with E-state index in [1.165, 1.54) is 35.2 Å². The monoisotopic (exact) mass is 281 g/mol. The van der Waals surface area contributed by atoms with Gasteiger partial charge in [-0.05, 0) is 42.0 Å². The van der Waals surface area contributed by atoms with Crippen LogP contribution in [0.25, 0.3) is 0 Å². The van der Waals surface area contributed by atoms with E-state index >= 15 is 0 Å². The summed E-state index contributed by atoms with van der Waals surface area (Å²) in [5, 5.41) is 3.46. The zero-order valence-electron chi connectivity index (χ0n) is 12.8. The number of nitrogens with zero attached hydrogens (tertiary/aromatic N) is 2. The van der Waals surface area contributed by atoms with E-state index in [1.807, 2.05) is 24.7 Å². The summed E-state index contributed by atoms with van der Waals surface area (Å²) in [5.74, 6) is 0.404. The third-order valence-corrected chi connectivity index (χ3v) is 4.13. The van der Waals surface area contributed by atoms with Gasteiger partial charge in [-0.3, -0.25) is 9.97 Å². The van der Waals surface area contributed by atoms with Crippen LogP contribution >= 0.6 is 0 Å². The molecule has 3 nitrogen and oxygen atoms in total. The van der Waals surface area contributed by atoms with Gasteiger partial charge in [-0.25, -0.2) is 0 Å². The minimum atomic E-state index is 0.404. The fraction of sp³-hybridized carbons (Fsp3) is 0.444. The molecular formula is C18H23N3. The number of rotatable bonds is 4. The molecule has 2 heterocycles. The number of fused-ring (bicyclic) bond motifs is 1. The molecule has 0 aromatic carbocycles. The third kappa shape index (κ3) is 3.30. The summed E-state index contributed by atoms with van der Waals surface area (Å²) in [6.07, 6.45) is 9.44. The highest BCUT2D eigenvalue weighted by atomic mass is 14.9. The molecule has 1 N–H and O–H groups in total. The average Bonchev–Trinajstić information content (AvgIpc) is 2.52. The Kier molecular flexibility index (Phi) is 4.30. The van der Waals surface area contributed by atoms with E-state index in [2.05, 4.69) is 41.3 Å². The number of hydrogen-bond acceptors (Lipinski definition) is 3. The minimum Gasteiger partial charge on any atom is -0.310 e. The first kappa shape index (κ1) is 14.2. The molecule has 0 amide bonds. The average molecular weight is 281 g/mol. The van der Waals surface area contributed by atoms with Crippen LogP contribution in [-0.4, -0.2) is 16.0 Å². The molecule has 1 atom stereocenters. The summed E-state index contributed by atoms with van der Waals surface area (Å²) in [7, 11) is 0. The van der Waals surface area contributed by atoms with Crippen molar-refractivity contribution >= 4 is 0 Å². The largest absolute Gasteiger partial charge is 0.310 e. The molecule has 0 radical (unpaired) electrons. The van der Waals surface area contributed by atoms with Crippen molar-refractivity contribution in [1.82, 2.24) is 15.3 Å². The van der Waals surface area contributed by atoms with Crippen LogP contribution in [0, 0.1) is 0 Å². The van der Waals surface area contributed by atoms with E-state index in [1.54, 1.807) is 0 Å². The Hall–Kier alpha value is -1.74. The topological polar surface area (TPSA) is 37.8 Å². The van der Waals surface area contributed by atoms with Gasteiger partial charge >= 0.3 is 0 Å². The molecule has 0 saturated carbocycles. The van der Waals surface area contributed by atoms with Crippen molar-refractivity contribution in [1.29, 1.82) is 0 Å². The molecule has 1 aliphatic rings. The van der Waals surface area contributed by atoms with Crippen molar-refractivity contribution < 1.29 is 0 Å². The van der Waals surface area contributed by atoms with Gasteiger partial charge in [0.1, 0.15) is 0 Å². The lowest BCUT2D eigenvalue weighted by Gasteiger charge is -2.24. The van der Waals surface area contributed by atoms with Crippen LogP contribution in [0.15, 0.2) is 36.8 Å². The highest BCUT2D eigenvalue weighted by Gasteiger charge is 2.23. The molecule has 1 unspecified atom stereocenters. The molecule has 3 rings (SSSR count). The Bertz CT molecular complexity index is 607. The van der Waals surface area contributed by atoms with E-state index in [0.717, 1.165) is 13.0 Å². The first-order valence-electron chi connectivity index (χ1n) is 7.85. The van der Waals surface area contributed by atoms with E-state index in [0.29, 0.717) is 12.0 Å². The summed E-state index contributed by atoms with van der Waals surface area (Å²) in [6, 6.07) is 7.04. The molecule has 0 bridgehead atoms. The second-order valence-corrected chi connectivity index (χ2v) is 6.15. The van der Waals surface area contributed by atoms with Gasteiger partial charge in [0.15, 0.2) is 0 Å². The van der Waals surface area contributed by atoms with Crippen molar-refractivity contribution in [2.45, 2.75) is 51.6 Å². The smallest absolute Gasteiger partial charge is 0.0510 e. The van der Waals surface area contributed by atoms with E-state index in [4.69, 9.17) is 0 Å². The maximum atomic E-state index is 4.64. The van der Waals surface area contributed by atoms with Gasteiger partial charge in [-0.15, -0.1) is 0 Å². The normalized spacial score (nSPS) is 17.8. The van der Waals surface area contributed by atoms with Gasteiger partial charge < -0.3 is 5.32 Å². The molecule has 2 aromatic heterocycles. The predicted molar refractivity (Wildman–Crippen MR) is 85.2 cm³/mol. The summed E-state index contributed by atoms with van der Waals surface area (Å²) < 4.78 is 0. The molecule has 0 fully saturated rings. The van der Waals surface area contributed by atoms with Gasteiger partial charge in [0.25, 0.3) is 0 Å². The van der Waals surface area contributed by atoms with Crippen LogP contribution in [0.3, 0.4) is 0 Å². The van der Waals surface area contributed by atoms with Crippen LogP contribution in [0.4, 0.5) is 0 Å². The highest BCUT2D eigenvalue weighted by Crippen LogP contribution is 2.34. The van der Waals surface area contributed by atoms with E-state index < -0.39 is 0 Å². The Labute approximate surface area is 126 Å². The number of pyridine rings is 2. The van der Waals surface area contributed by atoms with Crippen molar-refractivity contribution in [3.8, 4) is 0 Å². The second kappa shape index (κ2) is 6.35. The quantitative estimate of drug-likeness (QED) is 0.933. The first-order valence-corrected chi connectivity index (χ1v) is 7.85. The minimum absolute atomic E-state index is 0.404. The molecule has 2 aromatic rings. The fourth-order valence-corrected chi connectivity index (χ4v) is 3.05. The van der Waals surface area contributed by atoms with E-state index in [-0.39, 0.29) is 0 Å². The summed E-state index contributed by atoms with van der Waals surface area (Å²) >= 11 is 0. The van der Waals surface area contributed by atoms with Gasteiger partial charge in [0.2, 0.25) is 0 Å². The molecule has 0 spiro atoms. The lowest BCUT2D eigenvalue weighted by molar-refractivity contribution is 0.581. The molecule has 1 aliphatic carbocycles. The van der Waals surface area contributed by atoms with Gasteiger partial charge in [0.05, 0.1) is 5.69 Å².